The number of thiazole rings is 1. The molecule has 0 amide bonds. The van der Waals surface area contributed by atoms with Crippen molar-refractivity contribution < 1.29 is 0 Å². The second kappa shape index (κ2) is 12.5. The van der Waals surface area contributed by atoms with Crippen LogP contribution in [0.1, 0.15) is 0 Å². The Bertz CT molecular complexity index is 2840. The zero-order chi connectivity index (χ0) is 34.4. The van der Waals surface area contributed by atoms with Gasteiger partial charge in [0.25, 0.3) is 0 Å². The molecule has 0 aliphatic rings. The van der Waals surface area contributed by atoms with E-state index in [0.717, 1.165) is 43.2 Å². The van der Waals surface area contributed by atoms with E-state index >= 15 is 0 Å². The molecular formula is C46H29N5S. The summed E-state index contributed by atoms with van der Waals surface area (Å²) in [5.41, 5.74) is 10.7. The van der Waals surface area contributed by atoms with Crippen molar-refractivity contribution in [1.82, 2.24) is 24.5 Å². The molecule has 52 heavy (non-hydrogen) atoms. The summed E-state index contributed by atoms with van der Waals surface area (Å²) < 4.78 is 3.44. The Morgan fingerprint density at radius 2 is 0.942 bits per heavy atom. The predicted molar refractivity (Wildman–Crippen MR) is 215 cm³/mol. The van der Waals surface area contributed by atoms with Gasteiger partial charge in [0.15, 0.2) is 17.5 Å². The summed E-state index contributed by atoms with van der Waals surface area (Å²) in [7, 11) is 0. The zero-order valence-electron chi connectivity index (χ0n) is 27.9. The van der Waals surface area contributed by atoms with Gasteiger partial charge in [-0.05, 0) is 59.7 Å². The molecule has 0 spiro atoms. The average molecular weight is 684 g/mol. The highest BCUT2D eigenvalue weighted by atomic mass is 32.1. The second-order valence-corrected chi connectivity index (χ2v) is 13.8. The average Bonchev–Trinajstić information content (AvgIpc) is 3.81. The number of rotatable bonds is 6. The molecule has 0 aliphatic carbocycles. The maximum Gasteiger partial charge on any atom is 0.164 e. The maximum absolute atomic E-state index is 5.10. The number of benzene rings is 7. The number of aromatic nitrogens is 5. The van der Waals surface area contributed by atoms with Gasteiger partial charge in [-0.25, -0.2) is 19.9 Å². The molecular weight excluding hydrogens is 655 g/mol. The number of fused-ring (bicyclic) bond motifs is 4. The first-order chi connectivity index (χ1) is 25.7. The van der Waals surface area contributed by atoms with Crippen LogP contribution in [0.3, 0.4) is 0 Å². The van der Waals surface area contributed by atoms with Crippen molar-refractivity contribution >= 4 is 43.4 Å². The minimum atomic E-state index is 0.633. The summed E-state index contributed by atoms with van der Waals surface area (Å²) >= 11 is 1.68. The van der Waals surface area contributed by atoms with Gasteiger partial charge in [0.1, 0.15) is 5.01 Å². The Hall–Kier alpha value is -6.76. The fourth-order valence-electron chi connectivity index (χ4n) is 6.96. The number of hydrogen-bond acceptors (Lipinski definition) is 5. The van der Waals surface area contributed by atoms with E-state index in [-0.39, 0.29) is 0 Å². The lowest BCUT2D eigenvalue weighted by Gasteiger charge is -2.10. The molecule has 0 saturated heterocycles. The lowest BCUT2D eigenvalue weighted by atomic mass is 10.0. The molecule has 0 atom stereocenters. The molecule has 3 aromatic heterocycles. The van der Waals surface area contributed by atoms with Crippen LogP contribution in [0.25, 0.3) is 93.6 Å². The van der Waals surface area contributed by atoms with Gasteiger partial charge in [0.05, 0.1) is 21.3 Å². The Labute approximate surface area is 304 Å². The van der Waals surface area contributed by atoms with Crippen molar-refractivity contribution in [2.75, 3.05) is 0 Å². The molecule has 0 saturated carbocycles. The molecule has 0 bridgehead atoms. The fraction of sp³-hybridized carbons (Fsp3) is 0. The predicted octanol–water partition coefficient (Wildman–Crippen LogP) is 11.9. The quantitative estimate of drug-likeness (QED) is 0.175. The maximum atomic E-state index is 5.10. The topological polar surface area (TPSA) is 56.5 Å². The Morgan fingerprint density at radius 3 is 1.65 bits per heavy atom. The molecule has 0 N–H and O–H groups in total. The van der Waals surface area contributed by atoms with E-state index in [0.29, 0.717) is 17.5 Å². The number of nitrogens with zero attached hydrogens (tertiary/aromatic N) is 5. The molecule has 244 valence electrons. The van der Waals surface area contributed by atoms with E-state index in [4.69, 9.17) is 19.9 Å². The van der Waals surface area contributed by atoms with Gasteiger partial charge in [0, 0.05) is 38.7 Å². The first-order valence-electron chi connectivity index (χ1n) is 17.2. The Kier molecular flexibility index (Phi) is 7.25. The van der Waals surface area contributed by atoms with Crippen molar-refractivity contribution in [2.24, 2.45) is 0 Å². The molecule has 0 aliphatic heterocycles. The molecule has 0 fully saturated rings. The van der Waals surface area contributed by atoms with Crippen molar-refractivity contribution in [1.29, 1.82) is 0 Å². The van der Waals surface area contributed by atoms with Crippen molar-refractivity contribution in [3.63, 3.8) is 0 Å². The van der Waals surface area contributed by atoms with Gasteiger partial charge >= 0.3 is 0 Å². The van der Waals surface area contributed by atoms with Crippen LogP contribution in [0.2, 0.25) is 0 Å². The normalized spacial score (nSPS) is 11.5. The molecule has 10 rings (SSSR count). The smallest absolute Gasteiger partial charge is 0.164 e. The van der Waals surface area contributed by atoms with Crippen LogP contribution in [-0.2, 0) is 0 Å². The highest BCUT2D eigenvalue weighted by Crippen LogP contribution is 2.38. The third-order valence-corrected chi connectivity index (χ3v) is 10.5. The van der Waals surface area contributed by atoms with Gasteiger partial charge in [-0.15, -0.1) is 11.3 Å². The van der Waals surface area contributed by atoms with E-state index in [1.54, 1.807) is 11.3 Å². The number of para-hydroxylation sites is 1. The monoisotopic (exact) mass is 683 g/mol. The fourth-order valence-corrected chi connectivity index (χ4v) is 7.97. The molecule has 0 radical (unpaired) electrons. The Balaban J connectivity index is 1.05. The lowest BCUT2D eigenvalue weighted by Crippen LogP contribution is -1.99. The van der Waals surface area contributed by atoms with Crippen molar-refractivity contribution in [2.45, 2.75) is 0 Å². The van der Waals surface area contributed by atoms with Crippen LogP contribution in [0.4, 0.5) is 0 Å². The van der Waals surface area contributed by atoms with E-state index < -0.39 is 0 Å². The Morgan fingerprint density at radius 1 is 0.365 bits per heavy atom. The second-order valence-electron chi connectivity index (χ2n) is 12.7. The largest absolute Gasteiger partial charge is 0.309 e. The summed E-state index contributed by atoms with van der Waals surface area (Å²) in [5.74, 6) is 1.92. The first-order valence-corrected chi connectivity index (χ1v) is 18.0. The van der Waals surface area contributed by atoms with Gasteiger partial charge in [-0.3, -0.25) is 0 Å². The summed E-state index contributed by atoms with van der Waals surface area (Å²) in [6.07, 6.45) is 0. The molecule has 10 aromatic rings. The van der Waals surface area contributed by atoms with Crippen LogP contribution in [-0.4, -0.2) is 24.5 Å². The minimum Gasteiger partial charge on any atom is -0.309 e. The van der Waals surface area contributed by atoms with E-state index in [1.165, 1.54) is 32.9 Å². The third kappa shape index (κ3) is 5.34. The highest BCUT2D eigenvalue weighted by molar-refractivity contribution is 7.21. The van der Waals surface area contributed by atoms with Gasteiger partial charge in [0.2, 0.25) is 0 Å². The highest BCUT2D eigenvalue weighted by Gasteiger charge is 2.17. The van der Waals surface area contributed by atoms with Crippen molar-refractivity contribution in [3.05, 3.63) is 176 Å². The van der Waals surface area contributed by atoms with Gasteiger partial charge in [-0.2, -0.15) is 0 Å². The van der Waals surface area contributed by atoms with E-state index in [9.17, 15) is 0 Å². The van der Waals surface area contributed by atoms with Crippen LogP contribution >= 0.6 is 11.3 Å². The van der Waals surface area contributed by atoms with Crippen molar-refractivity contribution in [3.8, 4) is 61.5 Å². The summed E-state index contributed by atoms with van der Waals surface area (Å²) in [6, 6.07) is 61.1. The SMILES string of the molecule is c1ccc(-c2ccc3c(c2)c2ccccc2n3-c2cccc(-c3nc4ccc(-c5nc(-c6ccccc6)nc(-c6ccccc6)n5)cc4s3)c2)cc1. The van der Waals surface area contributed by atoms with Crippen LogP contribution < -0.4 is 0 Å². The lowest BCUT2D eigenvalue weighted by molar-refractivity contribution is 1.07. The van der Waals surface area contributed by atoms with Gasteiger partial charge in [-0.1, -0.05) is 127 Å². The standard InChI is InChI=1S/C46H29N5S/c1-4-13-30(14-5-1)33-24-26-41-38(28-33)37-21-10-11-22-40(37)51(41)36-20-12-19-35(27-36)46-47-39-25-23-34(29-42(39)52-46)45-49-43(31-15-6-2-7-16-31)48-44(50-45)32-17-8-3-9-18-32/h1-29H. The minimum absolute atomic E-state index is 0.633. The van der Waals surface area contributed by atoms with E-state index in [1.807, 2.05) is 60.7 Å². The van der Waals surface area contributed by atoms with Crippen LogP contribution in [0.5, 0.6) is 0 Å². The third-order valence-electron chi connectivity index (χ3n) is 9.48. The first kappa shape index (κ1) is 30.1. The zero-order valence-corrected chi connectivity index (χ0v) is 28.7. The van der Waals surface area contributed by atoms with Crippen LogP contribution in [0.15, 0.2) is 176 Å². The molecule has 0 unspecified atom stereocenters. The molecule has 5 nitrogen and oxygen atoms in total. The molecule has 6 heteroatoms. The van der Waals surface area contributed by atoms with Gasteiger partial charge < -0.3 is 4.57 Å². The molecule has 3 heterocycles. The number of hydrogen-bond donors (Lipinski definition) is 0. The van der Waals surface area contributed by atoms with Crippen LogP contribution in [0, 0.1) is 0 Å². The summed E-state index contributed by atoms with van der Waals surface area (Å²) in [4.78, 5) is 19.8. The molecule has 7 aromatic carbocycles. The van der Waals surface area contributed by atoms with E-state index in [2.05, 4.69) is 120 Å². The summed E-state index contributed by atoms with van der Waals surface area (Å²) in [6.45, 7) is 0. The summed E-state index contributed by atoms with van der Waals surface area (Å²) in [5, 5.41) is 3.43.